The number of ether oxygens (including phenoxy) is 1. The van der Waals surface area contributed by atoms with Crippen molar-refractivity contribution < 1.29 is 9.84 Å². The highest BCUT2D eigenvalue weighted by molar-refractivity contribution is 7.21. The van der Waals surface area contributed by atoms with Crippen molar-refractivity contribution in [3.63, 3.8) is 0 Å². The number of para-hydroxylation sites is 1. The van der Waals surface area contributed by atoms with Crippen LogP contribution in [0.15, 0.2) is 36.5 Å². The second kappa shape index (κ2) is 6.48. The zero-order valence-corrected chi connectivity index (χ0v) is 14.8. The van der Waals surface area contributed by atoms with E-state index in [2.05, 4.69) is 16.0 Å². The summed E-state index contributed by atoms with van der Waals surface area (Å²) in [5, 5.41) is 10.4. The molecule has 0 saturated heterocycles. The van der Waals surface area contributed by atoms with Crippen LogP contribution in [0.1, 0.15) is 16.8 Å². The molecular formula is C19H17N3O2S. The fraction of sp³-hybridized carbons (Fsp3) is 0.211. The summed E-state index contributed by atoms with van der Waals surface area (Å²) in [7, 11) is 1.65. The van der Waals surface area contributed by atoms with Crippen molar-refractivity contribution in [1.29, 1.82) is 0 Å². The van der Waals surface area contributed by atoms with Gasteiger partial charge in [-0.15, -0.1) is 11.3 Å². The van der Waals surface area contributed by atoms with Crippen LogP contribution in [0.3, 0.4) is 0 Å². The van der Waals surface area contributed by atoms with E-state index in [1.165, 1.54) is 0 Å². The molecule has 0 saturated carbocycles. The molecule has 5 nitrogen and oxygen atoms in total. The second-order valence-corrected chi connectivity index (χ2v) is 6.95. The van der Waals surface area contributed by atoms with Gasteiger partial charge in [-0.05, 0) is 30.7 Å². The van der Waals surface area contributed by atoms with Gasteiger partial charge in [-0.2, -0.15) is 0 Å². The Hall–Kier alpha value is -2.41. The normalized spacial score (nSPS) is 11.5. The topological polar surface area (TPSA) is 68.1 Å². The molecule has 0 amide bonds. The van der Waals surface area contributed by atoms with Gasteiger partial charge in [-0.3, -0.25) is 4.98 Å². The van der Waals surface area contributed by atoms with E-state index in [4.69, 9.17) is 9.72 Å². The van der Waals surface area contributed by atoms with E-state index in [-0.39, 0.29) is 6.61 Å². The van der Waals surface area contributed by atoms with Crippen molar-refractivity contribution in [2.75, 3.05) is 7.11 Å². The van der Waals surface area contributed by atoms with Crippen LogP contribution in [0.2, 0.25) is 0 Å². The van der Waals surface area contributed by atoms with Gasteiger partial charge in [0, 0.05) is 18.2 Å². The SMILES string of the molecule is COCc1cnc2c(-c3nc4c(CO)cccc4s3)cc(C)cc2n1. The van der Waals surface area contributed by atoms with Gasteiger partial charge in [-0.1, -0.05) is 12.1 Å². The van der Waals surface area contributed by atoms with Gasteiger partial charge in [0.1, 0.15) is 5.01 Å². The predicted octanol–water partition coefficient (Wildman–Crippen LogP) is 3.85. The third kappa shape index (κ3) is 2.89. The van der Waals surface area contributed by atoms with E-state index in [1.54, 1.807) is 24.6 Å². The lowest BCUT2D eigenvalue weighted by molar-refractivity contribution is 0.181. The molecule has 0 aliphatic heterocycles. The number of rotatable bonds is 4. The molecule has 126 valence electrons. The van der Waals surface area contributed by atoms with Crippen LogP contribution in [0, 0.1) is 6.92 Å². The minimum Gasteiger partial charge on any atom is -0.392 e. The first-order valence-corrected chi connectivity index (χ1v) is 8.76. The minimum atomic E-state index is -0.0186. The minimum absolute atomic E-state index is 0.0186. The summed E-state index contributed by atoms with van der Waals surface area (Å²) >= 11 is 1.60. The number of fused-ring (bicyclic) bond motifs is 2. The van der Waals surface area contributed by atoms with Crippen LogP contribution < -0.4 is 0 Å². The lowest BCUT2D eigenvalue weighted by Crippen LogP contribution is -1.96. The maximum atomic E-state index is 9.54. The molecule has 2 aromatic carbocycles. The maximum absolute atomic E-state index is 9.54. The van der Waals surface area contributed by atoms with Gasteiger partial charge < -0.3 is 9.84 Å². The Kier molecular flexibility index (Phi) is 4.17. The highest BCUT2D eigenvalue weighted by Crippen LogP contribution is 2.35. The number of hydrogen-bond donors (Lipinski definition) is 1. The van der Waals surface area contributed by atoms with Crippen LogP contribution in [0.25, 0.3) is 31.8 Å². The molecule has 0 unspecified atom stereocenters. The number of aliphatic hydroxyl groups is 1. The van der Waals surface area contributed by atoms with Crippen molar-refractivity contribution in [3.05, 3.63) is 53.3 Å². The van der Waals surface area contributed by atoms with Gasteiger partial charge in [0.2, 0.25) is 0 Å². The Balaban J connectivity index is 1.94. The third-order valence-electron chi connectivity index (χ3n) is 4.04. The van der Waals surface area contributed by atoms with Crippen LogP contribution >= 0.6 is 11.3 Å². The molecule has 2 heterocycles. The summed E-state index contributed by atoms with van der Waals surface area (Å²) in [5.74, 6) is 0. The van der Waals surface area contributed by atoms with Gasteiger partial charge >= 0.3 is 0 Å². The lowest BCUT2D eigenvalue weighted by atomic mass is 10.1. The summed E-state index contributed by atoms with van der Waals surface area (Å²) in [4.78, 5) is 14.0. The average Bonchev–Trinajstić information content (AvgIpc) is 3.05. The molecule has 2 aromatic heterocycles. The average molecular weight is 351 g/mol. The molecule has 0 aliphatic rings. The number of aliphatic hydroxyl groups excluding tert-OH is 1. The molecule has 0 spiro atoms. The smallest absolute Gasteiger partial charge is 0.126 e. The van der Waals surface area contributed by atoms with E-state index in [0.717, 1.165) is 48.6 Å². The highest BCUT2D eigenvalue weighted by atomic mass is 32.1. The van der Waals surface area contributed by atoms with Crippen molar-refractivity contribution in [1.82, 2.24) is 15.0 Å². The monoisotopic (exact) mass is 351 g/mol. The quantitative estimate of drug-likeness (QED) is 0.605. The summed E-state index contributed by atoms with van der Waals surface area (Å²) in [6.45, 7) is 2.46. The molecule has 4 rings (SSSR count). The van der Waals surface area contributed by atoms with Crippen molar-refractivity contribution in [2.24, 2.45) is 0 Å². The Morgan fingerprint density at radius 1 is 1.16 bits per heavy atom. The first kappa shape index (κ1) is 16.1. The Bertz CT molecular complexity index is 1080. The largest absolute Gasteiger partial charge is 0.392 e. The molecular weight excluding hydrogens is 334 g/mol. The highest BCUT2D eigenvalue weighted by Gasteiger charge is 2.14. The van der Waals surface area contributed by atoms with Gasteiger partial charge in [0.25, 0.3) is 0 Å². The zero-order valence-electron chi connectivity index (χ0n) is 14.0. The Labute approximate surface area is 149 Å². The lowest BCUT2D eigenvalue weighted by Gasteiger charge is -2.06. The van der Waals surface area contributed by atoms with Crippen molar-refractivity contribution in [3.8, 4) is 10.6 Å². The number of benzene rings is 2. The number of hydrogen-bond acceptors (Lipinski definition) is 6. The molecule has 1 N–H and O–H groups in total. The molecule has 0 fully saturated rings. The van der Waals surface area contributed by atoms with E-state index >= 15 is 0 Å². The number of methoxy groups -OCH3 is 1. The van der Waals surface area contributed by atoms with E-state index < -0.39 is 0 Å². The van der Waals surface area contributed by atoms with Crippen molar-refractivity contribution >= 4 is 32.6 Å². The fourth-order valence-corrected chi connectivity index (χ4v) is 3.96. The fourth-order valence-electron chi connectivity index (χ4n) is 2.93. The van der Waals surface area contributed by atoms with E-state index in [0.29, 0.717) is 6.61 Å². The van der Waals surface area contributed by atoms with E-state index in [9.17, 15) is 5.11 Å². The summed E-state index contributed by atoms with van der Waals surface area (Å²) in [6, 6.07) is 9.98. The molecule has 4 aromatic rings. The van der Waals surface area contributed by atoms with Crippen LogP contribution in [-0.4, -0.2) is 27.2 Å². The molecule has 0 radical (unpaired) electrons. The Morgan fingerprint density at radius 3 is 2.84 bits per heavy atom. The molecule has 25 heavy (non-hydrogen) atoms. The second-order valence-electron chi connectivity index (χ2n) is 5.92. The van der Waals surface area contributed by atoms with Crippen molar-refractivity contribution in [2.45, 2.75) is 20.1 Å². The zero-order chi connectivity index (χ0) is 17.4. The van der Waals surface area contributed by atoms with E-state index in [1.807, 2.05) is 31.2 Å². The summed E-state index contributed by atoms with van der Waals surface area (Å²) in [6.07, 6.45) is 1.75. The van der Waals surface area contributed by atoms with Gasteiger partial charge in [-0.25, -0.2) is 9.97 Å². The summed E-state index contributed by atoms with van der Waals surface area (Å²) in [5.41, 5.74) is 6.23. The molecule has 0 aliphatic carbocycles. The number of nitrogens with zero attached hydrogens (tertiary/aromatic N) is 3. The summed E-state index contributed by atoms with van der Waals surface area (Å²) < 4.78 is 6.21. The number of aromatic nitrogens is 3. The molecule has 6 heteroatoms. The van der Waals surface area contributed by atoms with Crippen LogP contribution in [-0.2, 0) is 18.0 Å². The first-order valence-electron chi connectivity index (χ1n) is 7.94. The number of aryl methyl sites for hydroxylation is 1. The Morgan fingerprint density at radius 2 is 2.04 bits per heavy atom. The van der Waals surface area contributed by atoms with Gasteiger partial charge in [0.05, 0.1) is 46.4 Å². The molecule has 0 bridgehead atoms. The number of thiazole rings is 1. The predicted molar refractivity (Wildman–Crippen MR) is 99.5 cm³/mol. The molecule has 0 atom stereocenters. The maximum Gasteiger partial charge on any atom is 0.126 e. The third-order valence-corrected chi connectivity index (χ3v) is 5.09. The van der Waals surface area contributed by atoms with Crippen LogP contribution in [0.5, 0.6) is 0 Å². The first-order chi connectivity index (χ1) is 12.2. The van der Waals surface area contributed by atoms with Gasteiger partial charge in [0.15, 0.2) is 0 Å². The standard InChI is InChI=1S/C19H17N3O2S/c1-11-6-14(18-15(7-11)21-13(8-20-18)10-24-2)19-22-17-12(9-23)4-3-5-16(17)25-19/h3-8,23H,9-10H2,1-2H3. The van der Waals surface area contributed by atoms with Crippen LogP contribution in [0.4, 0.5) is 0 Å².